The normalized spacial score (nSPS) is 13.3. The van der Waals surface area contributed by atoms with Crippen LogP contribution in [0.4, 0.5) is 8.78 Å². The van der Waals surface area contributed by atoms with E-state index in [9.17, 15) is 13.6 Å². The first-order valence-corrected chi connectivity index (χ1v) is 6.96. The molecule has 2 rings (SSSR count). The lowest BCUT2D eigenvalue weighted by Crippen LogP contribution is -2.19. The first kappa shape index (κ1) is 15.7. The number of aliphatic carboxylic acids is 1. The third-order valence-electron chi connectivity index (χ3n) is 3.39. The molecular weight excluding hydrogens is 298 g/mol. The quantitative estimate of drug-likeness (QED) is 0.835. The summed E-state index contributed by atoms with van der Waals surface area (Å²) in [6.45, 7) is 1.51. The number of fused-ring (bicyclic) bond motifs is 1. The van der Waals surface area contributed by atoms with Crippen molar-refractivity contribution in [1.29, 1.82) is 0 Å². The van der Waals surface area contributed by atoms with Gasteiger partial charge in [-0.25, -0.2) is 8.78 Å². The molecule has 0 fully saturated rings. The van der Waals surface area contributed by atoms with Gasteiger partial charge in [0, 0.05) is 28.8 Å². The smallest absolute Gasteiger partial charge is 0.303 e. The Labute approximate surface area is 126 Å². The lowest BCUT2D eigenvalue weighted by molar-refractivity contribution is -0.138. The Hall–Kier alpha value is -1.68. The maximum Gasteiger partial charge on any atom is 0.303 e. The summed E-state index contributed by atoms with van der Waals surface area (Å²) in [7, 11) is 0. The van der Waals surface area contributed by atoms with E-state index in [2.05, 4.69) is 0 Å². The number of hydrogen-bond donors (Lipinski definition) is 1. The molecule has 0 aliphatic rings. The maximum atomic E-state index is 14.5. The number of alkyl halides is 2. The zero-order valence-electron chi connectivity index (χ0n) is 11.4. The summed E-state index contributed by atoms with van der Waals surface area (Å²) in [5.74, 6) is -4.79. The van der Waals surface area contributed by atoms with Gasteiger partial charge in [-0.05, 0) is 17.4 Å². The molecule has 0 aromatic heterocycles. The van der Waals surface area contributed by atoms with Crippen LogP contribution in [0.15, 0.2) is 36.4 Å². The van der Waals surface area contributed by atoms with Crippen LogP contribution in [0, 0.1) is 5.92 Å². The Balaban J connectivity index is 2.40. The molecule has 0 amide bonds. The molecule has 1 N–H and O–H groups in total. The lowest BCUT2D eigenvalue weighted by atomic mass is 9.92. The summed E-state index contributed by atoms with van der Waals surface area (Å²) in [6.07, 6.45) is -0.786. The minimum Gasteiger partial charge on any atom is -0.481 e. The van der Waals surface area contributed by atoms with E-state index < -0.39 is 24.2 Å². The molecule has 0 spiro atoms. The average molecular weight is 313 g/mol. The third kappa shape index (κ3) is 3.50. The molecule has 0 aliphatic heterocycles. The fourth-order valence-electron chi connectivity index (χ4n) is 2.50. The number of rotatable bonds is 5. The summed E-state index contributed by atoms with van der Waals surface area (Å²) >= 11 is 6.03. The van der Waals surface area contributed by atoms with Crippen molar-refractivity contribution in [2.75, 3.05) is 0 Å². The second kappa shape index (κ2) is 5.98. The van der Waals surface area contributed by atoms with Crippen molar-refractivity contribution in [3.05, 3.63) is 47.0 Å². The van der Waals surface area contributed by atoms with E-state index >= 15 is 0 Å². The number of benzene rings is 2. The van der Waals surface area contributed by atoms with Crippen LogP contribution in [-0.4, -0.2) is 11.1 Å². The van der Waals surface area contributed by atoms with Crippen molar-refractivity contribution in [2.24, 2.45) is 5.92 Å². The second-order valence-electron chi connectivity index (χ2n) is 5.25. The second-order valence-corrected chi connectivity index (χ2v) is 5.66. The highest BCUT2D eigenvalue weighted by atomic mass is 35.5. The van der Waals surface area contributed by atoms with Gasteiger partial charge in [-0.1, -0.05) is 48.9 Å². The summed E-state index contributed by atoms with van der Waals surface area (Å²) in [6, 6.07) is 9.49. The Kier molecular flexibility index (Phi) is 4.47. The van der Waals surface area contributed by atoms with Gasteiger partial charge in [0.25, 0.3) is 5.92 Å². The zero-order valence-corrected chi connectivity index (χ0v) is 12.2. The van der Waals surface area contributed by atoms with E-state index in [1.165, 1.54) is 19.1 Å². The first-order valence-electron chi connectivity index (χ1n) is 6.58. The molecule has 0 saturated heterocycles. The number of hydrogen-bond acceptors (Lipinski definition) is 1. The molecule has 5 heteroatoms. The summed E-state index contributed by atoms with van der Waals surface area (Å²) < 4.78 is 29.0. The van der Waals surface area contributed by atoms with Crippen LogP contribution in [0.5, 0.6) is 0 Å². The molecule has 2 aromatic carbocycles. The maximum absolute atomic E-state index is 14.5. The topological polar surface area (TPSA) is 37.3 Å². The molecule has 1 atom stereocenters. The molecular formula is C16H15ClF2O2. The van der Waals surface area contributed by atoms with Crippen LogP contribution >= 0.6 is 11.6 Å². The highest BCUT2D eigenvalue weighted by molar-refractivity contribution is 6.35. The molecule has 2 aromatic rings. The minimum absolute atomic E-state index is 0.111. The van der Waals surface area contributed by atoms with Gasteiger partial charge in [0.15, 0.2) is 0 Å². The third-order valence-corrected chi connectivity index (χ3v) is 3.72. The Morgan fingerprint density at radius 2 is 1.86 bits per heavy atom. The average Bonchev–Trinajstić information content (AvgIpc) is 2.37. The molecule has 0 saturated carbocycles. The largest absolute Gasteiger partial charge is 0.481 e. The van der Waals surface area contributed by atoms with Gasteiger partial charge in [-0.15, -0.1) is 0 Å². The van der Waals surface area contributed by atoms with Crippen LogP contribution < -0.4 is 0 Å². The van der Waals surface area contributed by atoms with Crippen molar-refractivity contribution in [3.8, 4) is 0 Å². The molecule has 2 nitrogen and oxygen atoms in total. The molecule has 0 radical (unpaired) electrons. The molecule has 1 unspecified atom stereocenters. The fraction of sp³-hybridized carbons (Fsp3) is 0.312. The van der Waals surface area contributed by atoms with Gasteiger partial charge in [0.1, 0.15) is 0 Å². The SMILES string of the molecule is CC(CC(=O)O)CC(F)(F)c1ccc(Cl)c2ccccc12. The summed E-state index contributed by atoms with van der Waals surface area (Å²) in [5, 5.41) is 10.1. The number of halogens is 3. The number of carboxylic acid groups (broad SMARTS) is 1. The highest BCUT2D eigenvalue weighted by Crippen LogP contribution is 2.40. The molecule has 21 heavy (non-hydrogen) atoms. The van der Waals surface area contributed by atoms with E-state index in [0.29, 0.717) is 15.8 Å². The van der Waals surface area contributed by atoms with Gasteiger partial charge in [0.2, 0.25) is 0 Å². The van der Waals surface area contributed by atoms with Crippen LogP contribution in [-0.2, 0) is 10.7 Å². The Morgan fingerprint density at radius 3 is 2.48 bits per heavy atom. The van der Waals surface area contributed by atoms with Gasteiger partial charge in [0.05, 0.1) is 0 Å². The van der Waals surface area contributed by atoms with E-state index in [0.717, 1.165) is 0 Å². The van der Waals surface area contributed by atoms with Gasteiger partial charge in [-0.3, -0.25) is 4.79 Å². The predicted octanol–water partition coefficient (Wildman–Crippen LogP) is 5.09. The molecule has 0 aliphatic carbocycles. The fourth-order valence-corrected chi connectivity index (χ4v) is 2.73. The van der Waals surface area contributed by atoms with E-state index in [1.54, 1.807) is 24.3 Å². The lowest BCUT2D eigenvalue weighted by Gasteiger charge is -2.22. The van der Waals surface area contributed by atoms with Crippen molar-refractivity contribution in [2.45, 2.75) is 25.7 Å². The van der Waals surface area contributed by atoms with Crippen LogP contribution in [0.25, 0.3) is 10.8 Å². The van der Waals surface area contributed by atoms with Gasteiger partial charge >= 0.3 is 5.97 Å². The first-order chi connectivity index (χ1) is 9.81. The monoisotopic (exact) mass is 312 g/mol. The van der Waals surface area contributed by atoms with Crippen LogP contribution in [0.2, 0.25) is 5.02 Å². The van der Waals surface area contributed by atoms with E-state index in [1.807, 2.05) is 0 Å². The molecule has 0 bridgehead atoms. The number of carboxylic acids is 1. The van der Waals surface area contributed by atoms with Crippen molar-refractivity contribution < 1.29 is 18.7 Å². The van der Waals surface area contributed by atoms with Crippen LogP contribution in [0.1, 0.15) is 25.3 Å². The van der Waals surface area contributed by atoms with Crippen molar-refractivity contribution >= 4 is 28.3 Å². The van der Waals surface area contributed by atoms with Crippen LogP contribution in [0.3, 0.4) is 0 Å². The minimum atomic E-state index is -3.10. The van der Waals surface area contributed by atoms with Crippen molar-refractivity contribution in [1.82, 2.24) is 0 Å². The number of carbonyl (C=O) groups is 1. The van der Waals surface area contributed by atoms with E-state index in [4.69, 9.17) is 16.7 Å². The zero-order chi connectivity index (χ0) is 15.6. The summed E-state index contributed by atoms with van der Waals surface area (Å²) in [4.78, 5) is 10.6. The highest BCUT2D eigenvalue weighted by Gasteiger charge is 2.35. The standard InChI is InChI=1S/C16H15ClF2O2/c1-10(8-15(20)21)9-16(18,19)13-6-7-14(17)12-5-3-2-4-11(12)13/h2-7,10H,8-9H2,1H3,(H,20,21). The Bertz CT molecular complexity index is 670. The molecule has 0 heterocycles. The van der Waals surface area contributed by atoms with Gasteiger partial charge < -0.3 is 5.11 Å². The Morgan fingerprint density at radius 1 is 1.24 bits per heavy atom. The van der Waals surface area contributed by atoms with E-state index in [-0.39, 0.29) is 12.0 Å². The molecule has 112 valence electrons. The van der Waals surface area contributed by atoms with Gasteiger partial charge in [-0.2, -0.15) is 0 Å². The predicted molar refractivity (Wildman–Crippen MR) is 78.9 cm³/mol. The van der Waals surface area contributed by atoms with Crippen molar-refractivity contribution in [3.63, 3.8) is 0 Å². The summed E-state index contributed by atoms with van der Waals surface area (Å²) in [5.41, 5.74) is -0.111.